The number of aliphatic hydroxyl groups excluding tert-OH is 5. The van der Waals surface area contributed by atoms with Crippen LogP contribution in [0.4, 0.5) is 0 Å². The van der Waals surface area contributed by atoms with Crippen molar-refractivity contribution in [2.45, 2.75) is 333 Å². The quantitative estimate of drug-likeness (QED) is 0.0195. The first kappa shape index (κ1) is 66.4. The third-order valence-electron chi connectivity index (χ3n) is 14.4. The zero-order valence-electron chi connectivity index (χ0n) is 45.5. The summed E-state index contributed by atoms with van der Waals surface area (Å²) in [5, 5.41) is 54.2. The van der Waals surface area contributed by atoms with Gasteiger partial charge in [0.15, 0.2) is 6.29 Å². The number of ether oxygens (including phenoxy) is 3. The molecular formula is C59H113NO10. The number of carbonyl (C=O) groups excluding carboxylic acids is 2. The van der Waals surface area contributed by atoms with Crippen molar-refractivity contribution in [3.63, 3.8) is 0 Å². The van der Waals surface area contributed by atoms with Crippen LogP contribution < -0.4 is 5.32 Å². The second-order valence-electron chi connectivity index (χ2n) is 21.1. The van der Waals surface area contributed by atoms with Crippen molar-refractivity contribution in [3.8, 4) is 0 Å². The van der Waals surface area contributed by atoms with Gasteiger partial charge in [-0.2, -0.15) is 0 Å². The number of hydrogen-bond acceptors (Lipinski definition) is 10. The number of carbonyl (C=O) groups is 2. The van der Waals surface area contributed by atoms with Crippen LogP contribution in [-0.2, 0) is 23.8 Å². The van der Waals surface area contributed by atoms with E-state index in [0.29, 0.717) is 19.4 Å². The average molecular weight is 997 g/mol. The number of nitrogens with one attached hydrogen (secondary N) is 1. The Labute approximate surface area is 429 Å². The highest BCUT2D eigenvalue weighted by Crippen LogP contribution is 2.23. The lowest BCUT2D eigenvalue weighted by molar-refractivity contribution is -0.302. The first-order valence-corrected chi connectivity index (χ1v) is 30.0. The van der Waals surface area contributed by atoms with Gasteiger partial charge in [0.1, 0.15) is 24.4 Å². The molecule has 1 aliphatic rings. The third-order valence-corrected chi connectivity index (χ3v) is 14.4. The van der Waals surface area contributed by atoms with Crippen LogP contribution >= 0.6 is 0 Å². The van der Waals surface area contributed by atoms with Gasteiger partial charge in [0.05, 0.1) is 32.0 Å². The largest absolute Gasteiger partial charge is 0.466 e. The van der Waals surface area contributed by atoms with Crippen LogP contribution in [0.15, 0.2) is 12.2 Å². The topological polar surface area (TPSA) is 175 Å². The molecule has 0 spiro atoms. The van der Waals surface area contributed by atoms with Crippen LogP contribution in [0.2, 0.25) is 0 Å². The predicted molar refractivity (Wildman–Crippen MR) is 288 cm³/mol. The molecule has 0 aromatic carbocycles. The highest BCUT2D eigenvalue weighted by Gasteiger charge is 2.44. The molecule has 0 bridgehead atoms. The fourth-order valence-corrected chi connectivity index (χ4v) is 9.61. The van der Waals surface area contributed by atoms with Crippen molar-refractivity contribution in [1.29, 1.82) is 0 Å². The molecule has 1 rings (SSSR count). The van der Waals surface area contributed by atoms with Gasteiger partial charge in [-0.3, -0.25) is 9.59 Å². The van der Waals surface area contributed by atoms with E-state index in [4.69, 9.17) is 14.2 Å². The summed E-state index contributed by atoms with van der Waals surface area (Å²) >= 11 is 0. The molecule has 11 heteroatoms. The fourth-order valence-electron chi connectivity index (χ4n) is 9.61. The zero-order chi connectivity index (χ0) is 51.0. The maximum absolute atomic E-state index is 13.0. The van der Waals surface area contributed by atoms with Gasteiger partial charge in [0, 0.05) is 12.8 Å². The Kier molecular flexibility index (Phi) is 47.1. The minimum atomic E-state index is -1.57. The van der Waals surface area contributed by atoms with Crippen molar-refractivity contribution in [2.24, 2.45) is 0 Å². The molecule has 70 heavy (non-hydrogen) atoms. The summed E-state index contributed by atoms with van der Waals surface area (Å²) in [5.74, 6) is -0.200. The lowest BCUT2D eigenvalue weighted by Gasteiger charge is -2.40. The SMILES string of the molecule is CCCCCCCCC/C=C/C(O)C(COC1OC(CO)C(O)C(O)C1O)NC(=O)CCCCCCCCCCCCCCCCCCOC(=O)CCCCCCCCCCCCCCCCCCC. The molecule has 1 heterocycles. The molecular weight excluding hydrogens is 883 g/mol. The van der Waals surface area contributed by atoms with Crippen molar-refractivity contribution in [1.82, 2.24) is 5.32 Å². The maximum atomic E-state index is 13.0. The average Bonchev–Trinajstić information content (AvgIpc) is 3.36. The van der Waals surface area contributed by atoms with E-state index in [0.717, 1.165) is 70.6 Å². The maximum Gasteiger partial charge on any atom is 0.305 e. The molecule has 0 aromatic rings. The molecule has 0 radical (unpaired) electrons. The number of aliphatic hydroxyl groups is 5. The molecule has 0 aromatic heterocycles. The van der Waals surface area contributed by atoms with Crippen LogP contribution in [0.25, 0.3) is 0 Å². The van der Waals surface area contributed by atoms with E-state index >= 15 is 0 Å². The third kappa shape index (κ3) is 38.9. The molecule has 1 amide bonds. The Morgan fingerprint density at radius 1 is 0.514 bits per heavy atom. The molecule has 1 saturated heterocycles. The molecule has 1 fully saturated rings. The summed E-state index contributed by atoms with van der Waals surface area (Å²) in [4.78, 5) is 25.1. The molecule has 0 aliphatic carbocycles. The minimum Gasteiger partial charge on any atom is -0.466 e. The number of rotatable bonds is 52. The Balaban J connectivity index is 2.01. The summed E-state index contributed by atoms with van der Waals surface area (Å²) in [5.41, 5.74) is 0. The van der Waals surface area contributed by atoms with Crippen LogP contribution in [0.3, 0.4) is 0 Å². The van der Waals surface area contributed by atoms with Gasteiger partial charge in [0.25, 0.3) is 0 Å². The van der Waals surface area contributed by atoms with E-state index in [1.54, 1.807) is 6.08 Å². The number of hydrogen-bond donors (Lipinski definition) is 6. The first-order chi connectivity index (χ1) is 34.2. The van der Waals surface area contributed by atoms with Gasteiger partial charge in [0.2, 0.25) is 5.91 Å². The van der Waals surface area contributed by atoms with Gasteiger partial charge in [-0.05, 0) is 32.1 Å². The van der Waals surface area contributed by atoms with Gasteiger partial charge in [-0.1, -0.05) is 257 Å². The van der Waals surface area contributed by atoms with E-state index in [9.17, 15) is 35.1 Å². The Morgan fingerprint density at radius 3 is 1.33 bits per heavy atom. The van der Waals surface area contributed by atoms with Gasteiger partial charge in [-0.25, -0.2) is 0 Å². The smallest absolute Gasteiger partial charge is 0.305 e. The van der Waals surface area contributed by atoms with Crippen molar-refractivity contribution >= 4 is 11.9 Å². The van der Waals surface area contributed by atoms with E-state index in [2.05, 4.69) is 19.2 Å². The number of unbranched alkanes of at least 4 members (excludes halogenated alkanes) is 38. The highest BCUT2D eigenvalue weighted by molar-refractivity contribution is 5.76. The highest BCUT2D eigenvalue weighted by atomic mass is 16.7. The summed E-state index contributed by atoms with van der Waals surface area (Å²) in [6, 6.07) is -0.812. The Morgan fingerprint density at radius 2 is 0.900 bits per heavy atom. The number of esters is 1. The van der Waals surface area contributed by atoms with Crippen molar-refractivity contribution in [3.05, 3.63) is 12.2 Å². The molecule has 11 nitrogen and oxygen atoms in total. The van der Waals surface area contributed by atoms with Gasteiger partial charge < -0.3 is 45.1 Å². The fraction of sp³-hybridized carbons (Fsp3) is 0.932. The zero-order valence-corrected chi connectivity index (χ0v) is 45.5. The standard InChI is InChI=1S/C59H113NO10/c1-3-5-7-9-11-13-14-15-16-17-21-24-27-31-35-39-43-47-55(64)68-48-44-40-36-32-28-25-22-19-18-20-23-26-30-34-38-42-46-54(63)60-51(52(62)45-41-37-33-29-12-10-8-6-4-2)50-69-59-58(67)57(66)56(65)53(49-61)70-59/h41,45,51-53,56-59,61-62,65-67H,3-40,42-44,46-50H2,1-2H3,(H,60,63)/b45-41+. The Hall–Kier alpha value is -1.60. The number of allylic oxidation sites excluding steroid dienone is 1. The second kappa shape index (κ2) is 49.6. The van der Waals surface area contributed by atoms with E-state index in [-0.39, 0.29) is 18.5 Å². The lowest BCUT2D eigenvalue weighted by Crippen LogP contribution is -2.60. The van der Waals surface area contributed by atoms with E-state index in [1.165, 1.54) is 193 Å². The molecule has 6 N–H and O–H groups in total. The second-order valence-corrected chi connectivity index (χ2v) is 21.1. The van der Waals surface area contributed by atoms with E-state index in [1.807, 2.05) is 6.08 Å². The van der Waals surface area contributed by atoms with Crippen molar-refractivity contribution < 1.29 is 49.3 Å². The summed E-state index contributed by atoms with van der Waals surface area (Å²) < 4.78 is 16.7. The van der Waals surface area contributed by atoms with E-state index < -0.39 is 49.5 Å². The monoisotopic (exact) mass is 996 g/mol. The van der Waals surface area contributed by atoms with Gasteiger partial charge in [-0.15, -0.1) is 0 Å². The first-order valence-electron chi connectivity index (χ1n) is 30.0. The normalized spacial score (nSPS) is 19.2. The molecule has 0 saturated carbocycles. The van der Waals surface area contributed by atoms with Crippen LogP contribution in [0.5, 0.6) is 0 Å². The summed E-state index contributed by atoms with van der Waals surface area (Å²) in [6.07, 6.45) is 47.4. The minimum absolute atomic E-state index is 0.0106. The van der Waals surface area contributed by atoms with Crippen molar-refractivity contribution in [2.75, 3.05) is 19.8 Å². The van der Waals surface area contributed by atoms with Crippen LogP contribution in [-0.4, -0.2) is 100 Å². The van der Waals surface area contributed by atoms with Crippen LogP contribution in [0, 0.1) is 0 Å². The molecule has 1 aliphatic heterocycles. The summed E-state index contributed by atoms with van der Waals surface area (Å²) in [7, 11) is 0. The van der Waals surface area contributed by atoms with Gasteiger partial charge >= 0.3 is 5.97 Å². The molecule has 7 atom stereocenters. The number of amides is 1. The lowest BCUT2D eigenvalue weighted by atomic mass is 9.99. The Bertz CT molecular complexity index is 1170. The molecule has 414 valence electrons. The predicted octanol–water partition coefficient (Wildman–Crippen LogP) is 13.6. The molecule has 7 unspecified atom stereocenters. The summed E-state index contributed by atoms with van der Waals surface area (Å²) in [6.45, 7) is 4.31. The van der Waals surface area contributed by atoms with Crippen LogP contribution in [0.1, 0.15) is 290 Å².